The van der Waals surface area contributed by atoms with E-state index in [1.165, 1.54) is 0 Å². The van der Waals surface area contributed by atoms with E-state index in [0.29, 0.717) is 28.3 Å². The molecular weight excluding hydrogens is 466 g/mol. The summed E-state index contributed by atoms with van der Waals surface area (Å²) in [5.41, 5.74) is 0.0128. The van der Waals surface area contributed by atoms with Gasteiger partial charge in [-0.25, -0.2) is 4.79 Å². The lowest BCUT2D eigenvalue weighted by Gasteiger charge is -2.23. The van der Waals surface area contributed by atoms with Crippen LogP contribution in [0.25, 0.3) is 0 Å². The Morgan fingerprint density at radius 1 is 1.15 bits per heavy atom. The minimum absolute atomic E-state index is 0.0497. The zero-order chi connectivity index (χ0) is 24.2. The molecule has 10 nitrogen and oxygen atoms in total. The molecule has 0 aliphatic carbocycles. The molecule has 2 N–H and O–H groups in total. The van der Waals surface area contributed by atoms with Crippen LogP contribution in [0.5, 0.6) is 0 Å². The molecule has 2 aromatic rings. The van der Waals surface area contributed by atoms with Gasteiger partial charge in [-0.1, -0.05) is 23.5 Å². The van der Waals surface area contributed by atoms with Crippen molar-refractivity contribution < 1.29 is 23.9 Å². The van der Waals surface area contributed by atoms with Crippen LogP contribution < -0.4 is 10.6 Å². The molecule has 12 heteroatoms. The summed E-state index contributed by atoms with van der Waals surface area (Å²) in [5, 5.41) is 13.7. The smallest absolute Gasteiger partial charge is 0.408 e. The first kappa shape index (κ1) is 24.6. The van der Waals surface area contributed by atoms with E-state index in [1.807, 2.05) is 6.26 Å². The third-order valence-corrected chi connectivity index (χ3v) is 5.95. The number of carbonyl (C=O) groups is 4. The molecule has 1 unspecified atom stereocenters. The maximum Gasteiger partial charge on any atom is 0.408 e. The van der Waals surface area contributed by atoms with Crippen molar-refractivity contribution in [1.82, 2.24) is 20.4 Å². The largest absolute Gasteiger partial charge is 0.444 e. The van der Waals surface area contributed by atoms with Crippen molar-refractivity contribution in [2.75, 3.05) is 17.3 Å². The minimum atomic E-state index is -0.823. The summed E-state index contributed by atoms with van der Waals surface area (Å²) in [7, 11) is 0. The van der Waals surface area contributed by atoms with Gasteiger partial charge in [0.25, 0.3) is 11.8 Å². The highest BCUT2D eigenvalue weighted by atomic mass is 32.2. The lowest BCUT2D eigenvalue weighted by molar-refractivity contribution is -0.118. The van der Waals surface area contributed by atoms with E-state index in [2.05, 4.69) is 20.8 Å². The van der Waals surface area contributed by atoms with E-state index in [1.54, 1.807) is 56.8 Å². The van der Waals surface area contributed by atoms with Crippen LogP contribution in [0.3, 0.4) is 0 Å². The number of amides is 4. The second kappa shape index (κ2) is 10.3. The lowest BCUT2D eigenvalue weighted by Crippen LogP contribution is -2.46. The number of nitrogens with zero attached hydrogens (tertiary/aromatic N) is 3. The summed E-state index contributed by atoms with van der Waals surface area (Å²) < 4.78 is 5.24. The van der Waals surface area contributed by atoms with E-state index in [-0.39, 0.29) is 11.7 Å². The first-order valence-corrected chi connectivity index (χ1v) is 12.4. The van der Waals surface area contributed by atoms with E-state index in [9.17, 15) is 19.2 Å². The quantitative estimate of drug-likeness (QED) is 0.539. The molecule has 0 fully saturated rings. The number of hydrogen-bond donors (Lipinski definition) is 2. The second-order valence-electron chi connectivity index (χ2n) is 8.21. The van der Waals surface area contributed by atoms with Gasteiger partial charge in [-0.05, 0) is 51.3 Å². The highest BCUT2D eigenvalue weighted by molar-refractivity contribution is 7.98. The highest BCUT2D eigenvalue weighted by Gasteiger charge is 2.35. The van der Waals surface area contributed by atoms with Crippen LogP contribution >= 0.6 is 23.1 Å². The normalized spacial score (nSPS) is 14.1. The zero-order valence-electron chi connectivity index (χ0n) is 18.7. The summed E-state index contributed by atoms with van der Waals surface area (Å²) >= 11 is 2.60. The van der Waals surface area contributed by atoms with Crippen LogP contribution in [0, 0.1) is 0 Å². The van der Waals surface area contributed by atoms with Gasteiger partial charge in [-0.2, -0.15) is 11.8 Å². The summed E-state index contributed by atoms with van der Waals surface area (Å²) in [6.07, 6.45) is 1.61. The van der Waals surface area contributed by atoms with E-state index < -0.39 is 35.5 Å². The lowest BCUT2D eigenvalue weighted by atomic mass is 10.1. The number of fused-ring (bicyclic) bond motifs is 1. The molecule has 0 radical (unpaired) electrons. The van der Waals surface area contributed by atoms with Crippen molar-refractivity contribution >= 4 is 52.0 Å². The fraction of sp³-hybridized carbons (Fsp3) is 0.429. The average Bonchev–Trinajstić information content (AvgIpc) is 3.28. The molecule has 176 valence electrons. The molecule has 33 heavy (non-hydrogen) atoms. The molecule has 0 saturated heterocycles. The number of hydrogen-bond acceptors (Lipinski definition) is 9. The Hall–Kier alpha value is -2.99. The van der Waals surface area contributed by atoms with E-state index >= 15 is 0 Å². The van der Waals surface area contributed by atoms with Gasteiger partial charge in [0.2, 0.25) is 11.0 Å². The molecule has 1 aliphatic rings. The maximum absolute atomic E-state index is 12.8. The molecule has 1 atom stereocenters. The molecular formula is C21H25N5O5S2. The first-order valence-electron chi connectivity index (χ1n) is 10.2. The molecule has 3 rings (SSSR count). The summed E-state index contributed by atoms with van der Waals surface area (Å²) in [6.45, 7) is 5.16. The van der Waals surface area contributed by atoms with Crippen molar-refractivity contribution in [1.29, 1.82) is 0 Å². The Balaban J connectivity index is 1.63. The van der Waals surface area contributed by atoms with Crippen LogP contribution in [-0.4, -0.2) is 62.6 Å². The number of ether oxygens (including phenoxy) is 1. The van der Waals surface area contributed by atoms with Crippen LogP contribution in [0.4, 0.5) is 9.93 Å². The number of imide groups is 1. The third-order valence-electron chi connectivity index (χ3n) is 4.49. The number of benzene rings is 1. The predicted molar refractivity (Wildman–Crippen MR) is 125 cm³/mol. The molecule has 1 aromatic carbocycles. The predicted octanol–water partition coefficient (Wildman–Crippen LogP) is 2.92. The van der Waals surface area contributed by atoms with E-state index in [4.69, 9.17) is 4.74 Å². The van der Waals surface area contributed by atoms with Crippen LogP contribution in [0.2, 0.25) is 0 Å². The molecule has 0 spiro atoms. The number of anilines is 1. The van der Waals surface area contributed by atoms with Gasteiger partial charge >= 0.3 is 6.09 Å². The van der Waals surface area contributed by atoms with E-state index in [0.717, 1.165) is 16.2 Å². The van der Waals surface area contributed by atoms with Crippen molar-refractivity contribution in [3.05, 3.63) is 40.4 Å². The summed E-state index contributed by atoms with van der Waals surface area (Å²) in [5.74, 6) is -0.599. The van der Waals surface area contributed by atoms with Crippen LogP contribution in [0.1, 0.15) is 52.9 Å². The van der Waals surface area contributed by atoms with Gasteiger partial charge < -0.3 is 10.1 Å². The van der Waals surface area contributed by atoms with Crippen LogP contribution in [0.15, 0.2) is 24.3 Å². The summed E-state index contributed by atoms with van der Waals surface area (Å²) in [4.78, 5) is 51.0. The van der Waals surface area contributed by atoms with Crippen molar-refractivity contribution in [3.63, 3.8) is 0 Å². The Kier molecular flexibility index (Phi) is 7.69. The maximum atomic E-state index is 12.8. The van der Waals surface area contributed by atoms with Crippen LogP contribution in [-0.2, 0) is 16.1 Å². The Morgan fingerprint density at radius 3 is 2.36 bits per heavy atom. The number of alkyl carbamates (subject to hydrolysis) is 1. The Morgan fingerprint density at radius 2 is 1.79 bits per heavy atom. The molecule has 0 saturated carbocycles. The van der Waals surface area contributed by atoms with Crippen molar-refractivity contribution in [2.45, 2.75) is 45.4 Å². The fourth-order valence-corrected chi connectivity index (χ4v) is 4.24. The number of aromatic nitrogens is 2. The molecule has 2 heterocycles. The molecule has 4 amide bonds. The zero-order valence-corrected chi connectivity index (χ0v) is 20.3. The van der Waals surface area contributed by atoms with Gasteiger partial charge in [0.05, 0.1) is 17.7 Å². The fourth-order valence-electron chi connectivity index (χ4n) is 3.03. The minimum Gasteiger partial charge on any atom is -0.444 e. The Bertz CT molecular complexity index is 1030. The number of nitrogens with one attached hydrogen (secondary N) is 2. The van der Waals surface area contributed by atoms with Crippen molar-refractivity contribution in [3.8, 4) is 0 Å². The van der Waals surface area contributed by atoms with Gasteiger partial charge in [0.1, 0.15) is 16.7 Å². The number of carbonyl (C=O) groups excluding carboxylic acids is 4. The number of rotatable bonds is 8. The monoisotopic (exact) mass is 491 g/mol. The summed E-state index contributed by atoms with van der Waals surface area (Å²) in [6, 6.07) is 5.79. The Labute approximate surface area is 199 Å². The molecule has 0 bridgehead atoms. The SMILES string of the molecule is CSCCC(NC(=O)OC(C)(C)C)C(=O)Nc1nnc(CN2C(=O)c3ccccc3C2=O)s1. The van der Waals surface area contributed by atoms with Crippen molar-refractivity contribution in [2.24, 2.45) is 0 Å². The first-order chi connectivity index (χ1) is 15.6. The molecule has 1 aliphatic heterocycles. The van der Waals surface area contributed by atoms with Gasteiger partial charge in [-0.15, -0.1) is 10.2 Å². The number of thioether (sulfide) groups is 1. The molecule has 1 aromatic heterocycles. The van der Waals surface area contributed by atoms with Gasteiger partial charge in [0.15, 0.2) is 0 Å². The standard InChI is InChI=1S/C21H25N5O5S2/c1-21(2,3)31-20(30)22-14(9-10-32-4)16(27)23-19-25-24-15(33-19)11-26-17(28)12-7-5-6-8-13(12)18(26)29/h5-8,14H,9-11H2,1-4H3,(H,22,30)(H,23,25,27). The highest BCUT2D eigenvalue weighted by Crippen LogP contribution is 2.26. The van der Waals surface area contributed by atoms with Gasteiger partial charge in [0, 0.05) is 0 Å². The average molecular weight is 492 g/mol. The second-order valence-corrected chi connectivity index (χ2v) is 10.3. The van der Waals surface area contributed by atoms with Gasteiger partial charge in [-0.3, -0.25) is 24.6 Å². The topological polar surface area (TPSA) is 131 Å². The third kappa shape index (κ3) is 6.29.